The predicted octanol–water partition coefficient (Wildman–Crippen LogP) is 1.74. The molecule has 0 aromatic heterocycles. The average Bonchev–Trinajstić information content (AvgIpc) is 3.41. The molecule has 5 heteroatoms. The highest BCUT2D eigenvalue weighted by atomic mass is 16.5. The zero-order chi connectivity index (χ0) is 16.8. The van der Waals surface area contributed by atoms with E-state index in [1.54, 1.807) is 0 Å². The Hall–Kier alpha value is -1.59. The number of likely N-dealkylation sites (N-methyl/N-ethyl adjacent to an activating group) is 1. The molecular formula is C19H29N3O2. The smallest absolute Gasteiger partial charge is 0.234 e. The molecule has 1 N–H and O–H groups in total. The summed E-state index contributed by atoms with van der Waals surface area (Å²) in [5.74, 6) is 1.000. The van der Waals surface area contributed by atoms with Gasteiger partial charge in [0.2, 0.25) is 5.91 Å². The number of amides is 1. The largest absolute Gasteiger partial charge is 0.492 e. The van der Waals surface area contributed by atoms with Gasteiger partial charge in [-0.3, -0.25) is 9.69 Å². The predicted molar refractivity (Wildman–Crippen MR) is 95.2 cm³/mol. The van der Waals surface area contributed by atoms with E-state index in [0.29, 0.717) is 19.2 Å². The van der Waals surface area contributed by atoms with E-state index in [1.165, 1.54) is 12.8 Å². The quantitative estimate of drug-likeness (QED) is 0.788. The molecule has 1 aromatic rings. The van der Waals surface area contributed by atoms with E-state index >= 15 is 0 Å². The second-order valence-electron chi connectivity index (χ2n) is 7.01. The van der Waals surface area contributed by atoms with Gasteiger partial charge in [-0.1, -0.05) is 18.2 Å². The van der Waals surface area contributed by atoms with Gasteiger partial charge in [0.05, 0.1) is 6.54 Å². The lowest BCUT2D eigenvalue weighted by Crippen LogP contribution is -2.47. The molecule has 1 heterocycles. The van der Waals surface area contributed by atoms with Crippen molar-refractivity contribution in [3.05, 3.63) is 30.3 Å². The van der Waals surface area contributed by atoms with Crippen molar-refractivity contribution in [3.8, 4) is 5.75 Å². The summed E-state index contributed by atoms with van der Waals surface area (Å²) in [6, 6.07) is 11.0. The van der Waals surface area contributed by atoms with Crippen LogP contribution in [0.4, 0.5) is 0 Å². The van der Waals surface area contributed by atoms with Gasteiger partial charge in [0.25, 0.3) is 0 Å². The number of hydrogen-bond donors (Lipinski definition) is 1. The standard InChI is InChI=1S/C19H29N3O2/c1-21(13-14-24-18-5-3-2-4-6-18)15-19(23)20-16-9-11-22(12-10-16)17-7-8-17/h2-6,16-17H,7-15H2,1H3,(H,20,23). The third kappa shape index (κ3) is 5.49. The molecule has 1 aromatic carbocycles. The molecule has 0 radical (unpaired) electrons. The van der Waals surface area contributed by atoms with Crippen molar-refractivity contribution < 1.29 is 9.53 Å². The highest BCUT2D eigenvalue weighted by Crippen LogP contribution is 2.29. The number of nitrogens with zero attached hydrogens (tertiary/aromatic N) is 2. The zero-order valence-corrected chi connectivity index (χ0v) is 14.6. The van der Waals surface area contributed by atoms with E-state index in [2.05, 4.69) is 10.2 Å². The Bertz CT molecular complexity index is 511. The monoisotopic (exact) mass is 331 g/mol. The van der Waals surface area contributed by atoms with Crippen molar-refractivity contribution in [2.24, 2.45) is 0 Å². The maximum Gasteiger partial charge on any atom is 0.234 e. The minimum Gasteiger partial charge on any atom is -0.492 e. The topological polar surface area (TPSA) is 44.8 Å². The van der Waals surface area contributed by atoms with Crippen LogP contribution in [0.25, 0.3) is 0 Å². The summed E-state index contributed by atoms with van der Waals surface area (Å²) in [5, 5.41) is 3.19. The van der Waals surface area contributed by atoms with Crippen LogP contribution >= 0.6 is 0 Å². The summed E-state index contributed by atoms with van der Waals surface area (Å²) in [7, 11) is 1.96. The number of rotatable bonds is 8. The first-order valence-electron chi connectivity index (χ1n) is 9.10. The number of ether oxygens (including phenoxy) is 1. The Morgan fingerprint density at radius 2 is 1.92 bits per heavy atom. The number of hydrogen-bond acceptors (Lipinski definition) is 4. The molecule has 1 amide bonds. The van der Waals surface area contributed by atoms with E-state index in [1.807, 2.05) is 42.3 Å². The first-order chi connectivity index (χ1) is 11.7. The summed E-state index contributed by atoms with van der Waals surface area (Å²) in [4.78, 5) is 16.8. The lowest BCUT2D eigenvalue weighted by atomic mass is 10.0. The van der Waals surface area contributed by atoms with Crippen molar-refractivity contribution in [2.45, 2.75) is 37.8 Å². The Morgan fingerprint density at radius 1 is 1.21 bits per heavy atom. The number of carbonyl (C=O) groups excluding carboxylic acids is 1. The number of benzene rings is 1. The highest BCUT2D eigenvalue weighted by Gasteiger charge is 2.32. The van der Waals surface area contributed by atoms with Crippen LogP contribution in [-0.2, 0) is 4.79 Å². The summed E-state index contributed by atoms with van der Waals surface area (Å²) >= 11 is 0. The van der Waals surface area contributed by atoms with Crippen molar-refractivity contribution in [2.75, 3.05) is 39.8 Å². The van der Waals surface area contributed by atoms with Gasteiger partial charge in [-0.05, 0) is 44.9 Å². The Kier molecular flexibility index (Phi) is 6.10. The molecule has 1 aliphatic carbocycles. The fourth-order valence-corrected chi connectivity index (χ4v) is 3.28. The first kappa shape index (κ1) is 17.2. The van der Waals surface area contributed by atoms with Crippen LogP contribution in [0.3, 0.4) is 0 Å². The number of nitrogens with one attached hydrogen (secondary N) is 1. The lowest BCUT2D eigenvalue weighted by molar-refractivity contribution is -0.123. The summed E-state index contributed by atoms with van der Waals surface area (Å²) in [6.45, 7) is 4.03. The molecule has 2 aliphatic rings. The summed E-state index contributed by atoms with van der Waals surface area (Å²) < 4.78 is 5.67. The van der Waals surface area contributed by atoms with Crippen molar-refractivity contribution >= 4 is 5.91 Å². The molecule has 0 unspecified atom stereocenters. The number of carbonyl (C=O) groups is 1. The molecule has 5 nitrogen and oxygen atoms in total. The molecule has 24 heavy (non-hydrogen) atoms. The van der Waals surface area contributed by atoms with Crippen LogP contribution in [0.15, 0.2) is 30.3 Å². The first-order valence-corrected chi connectivity index (χ1v) is 9.10. The van der Waals surface area contributed by atoms with Gasteiger partial charge in [0, 0.05) is 31.7 Å². The van der Waals surface area contributed by atoms with Crippen LogP contribution in [-0.4, -0.2) is 67.6 Å². The zero-order valence-electron chi connectivity index (χ0n) is 14.6. The Morgan fingerprint density at radius 3 is 2.58 bits per heavy atom. The van der Waals surface area contributed by atoms with Gasteiger partial charge < -0.3 is 15.0 Å². The van der Waals surface area contributed by atoms with Crippen molar-refractivity contribution in [3.63, 3.8) is 0 Å². The minimum atomic E-state index is 0.127. The Labute approximate surface area is 145 Å². The molecule has 1 saturated carbocycles. The highest BCUT2D eigenvalue weighted by molar-refractivity contribution is 5.78. The maximum absolute atomic E-state index is 12.2. The van der Waals surface area contributed by atoms with Gasteiger partial charge >= 0.3 is 0 Å². The number of para-hydroxylation sites is 1. The fourth-order valence-electron chi connectivity index (χ4n) is 3.28. The molecule has 0 bridgehead atoms. The molecule has 1 aliphatic heterocycles. The molecule has 1 saturated heterocycles. The third-order valence-corrected chi connectivity index (χ3v) is 4.86. The molecule has 132 valence electrons. The minimum absolute atomic E-state index is 0.127. The van der Waals surface area contributed by atoms with E-state index < -0.39 is 0 Å². The fraction of sp³-hybridized carbons (Fsp3) is 0.632. The third-order valence-electron chi connectivity index (χ3n) is 4.86. The summed E-state index contributed by atoms with van der Waals surface area (Å²) in [6.07, 6.45) is 4.91. The van der Waals surface area contributed by atoms with Crippen LogP contribution < -0.4 is 10.1 Å². The van der Waals surface area contributed by atoms with Gasteiger partial charge in [0.1, 0.15) is 12.4 Å². The molecular weight excluding hydrogens is 302 g/mol. The SMILES string of the molecule is CN(CCOc1ccccc1)CC(=O)NC1CCN(C2CC2)CC1. The van der Waals surface area contributed by atoms with Gasteiger partial charge in [0.15, 0.2) is 0 Å². The van der Waals surface area contributed by atoms with E-state index in [9.17, 15) is 4.79 Å². The molecule has 3 rings (SSSR count). The van der Waals surface area contributed by atoms with E-state index in [0.717, 1.165) is 44.3 Å². The van der Waals surface area contributed by atoms with E-state index in [-0.39, 0.29) is 5.91 Å². The number of piperidine rings is 1. The van der Waals surface area contributed by atoms with Crippen molar-refractivity contribution in [1.82, 2.24) is 15.1 Å². The molecule has 2 fully saturated rings. The van der Waals surface area contributed by atoms with Crippen LogP contribution in [0.1, 0.15) is 25.7 Å². The molecule has 0 atom stereocenters. The van der Waals surface area contributed by atoms with Gasteiger partial charge in [-0.2, -0.15) is 0 Å². The van der Waals surface area contributed by atoms with Crippen LogP contribution in [0.2, 0.25) is 0 Å². The maximum atomic E-state index is 12.2. The summed E-state index contributed by atoms with van der Waals surface area (Å²) in [5.41, 5.74) is 0. The molecule has 0 spiro atoms. The second-order valence-corrected chi connectivity index (χ2v) is 7.01. The number of likely N-dealkylation sites (tertiary alicyclic amines) is 1. The van der Waals surface area contributed by atoms with Gasteiger partial charge in [-0.15, -0.1) is 0 Å². The second kappa shape index (κ2) is 8.49. The van der Waals surface area contributed by atoms with Crippen molar-refractivity contribution in [1.29, 1.82) is 0 Å². The Balaban J connectivity index is 1.28. The van der Waals surface area contributed by atoms with Crippen LogP contribution in [0.5, 0.6) is 5.75 Å². The average molecular weight is 331 g/mol. The van der Waals surface area contributed by atoms with Crippen LogP contribution in [0, 0.1) is 0 Å². The van der Waals surface area contributed by atoms with Gasteiger partial charge in [-0.25, -0.2) is 0 Å². The van der Waals surface area contributed by atoms with E-state index in [4.69, 9.17) is 4.74 Å². The normalized spacial score (nSPS) is 19.4. The lowest BCUT2D eigenvalue weighted by Gasteiger charge is -2.32.